The van der Waals surface area contributed by atoms with Crippen LogP contribution in [0.4, 0.5) is 5.82 Å². The maximum Gasteiger partial charge on any atom is 0.293 e. The van der Waals surface area contributed by atoms with Gasteiger partial charge in [0.15, 0.2) is 6.54 Å². The third-order valence-corrected chi connectivity index (χ3v) is 6.26. The molecule has 0 radical (unpaired) electrons. The molecular formula is C23H31N5O2+2. The van der Waals surface area contributed by atoms with Crippen LogP contribution in [-0.2, 0) is 24.2 Å². The highest BCUT2D eigenvalue weighted by atomic mass is 16.3. The van der Waals surface area contributed by atoms with E-state index in [0.717, 1.165) is 62.6 Å². The molecule has 0 atom stereocenters. The molecule has 1 aliphatic heterocycles. The summed E-state index contributed by atoms with van der Waals surface area (Å²) < 4.78 is 5.26. The summed E-state index contributed by atoms with van der Waals surface area (Å²) in [6.07, 6.45) is 4.81. The number of H-pyrrole nitrogens is 1. The van der Waals surface area contributed by atoms with Crippen LogP contribution in [-0.4, -0.2) is 38.6 Å². The molecule has 0 saturated carbocycles. The molecule has 158 valence electrons. The van der Waals surface area contributed by atoms with E-state index in [1.807, 2.05) is 12.1 Å². The van der Waals surface area contributed by atoms with Crippen LogP contribution in [0, 0.1) is 11.3 Å². The lowest BCUT2D eigenvalue weighted by molar-refractivity contribution is -0.892. The number of anilines is 1. The largest absolute Gasteiger partial charge is 0.467 e. The standard InChI is InChI=1S/C23H29N5O2/c1-16(2)22-19-7-3-6-18(19)20(13-24)23(26-22)28-10-8-27(9-11-28)15-21(29)25-14-17-5-4-12-30-17/h4-5,12,16H,3,6-11,14-15H2,1-2H3,(H,25,29)/p+2. The van der Waals surface area contributed by atoms with Crippen LogP contribution in [0.3, 0.4) is 0 Å². The van der Waals surface area contributed by atoms with Crippen molar-refractivity contribution in [3.8, 4) is 6.07 Å². The number of aromatic amines is 1. The summed E-state index contributed by atoms with van der Waals surface area (Å²) in [5.41, 5.74) is 4.72. The number of rotatable bonds is 6. The molecule has 2 aromatic rings. The first kappa shape index (κ1) is 20.4. The third kappa shape index (κ3) is 4.19. The molecule has 30 heavy (non-hydrogen) atoms. The minimum absolute atomic E-state index is 0.0405. The Balaban J connectivity index is 1.40. The smallest absolute Gasteiger partial charge is 0.293 e. The predicted octanol–water partition coefficient (Wildman–Crippen LogP) is 0.599. The van der Waals surface area contributed by atoms with E-state index in [1.165, 1.54) is 21.7 Å². The zero-order chi connectivity index (χ0) is 21.1. The van der Waals surface area contributed by atoms with Gasteiger partial charge in [0.2, 0.25) is 0 Å². The van der Waals surface area contributed by atoms with Gasteiger partial charge in [-0.05, 0) is 42.5 Å². The molecule has 1 fully saturated rings. The zero-order valence-corrected chi connectivity index (χ0v) is 17.9. The number of aromatic nitrogens is 1. The molecule has 0 aromatic carbocycles. The fourth-order valence-electron chi connectivity index (χ4n) is 4.69. The van der Waals surface area contributed by atoms with E-state index < -0.39 is 0 Å². The van der Waals surface area contributed by atoms with Crippen molar-refractivity contribution in [2.24, 2.45) is 0 Å². The van der Waals surface area contributed by atoms with Gasteiger partial charge < -0.3 is 14.6 Å². The Bertz CT molecular complexity index is 937. The summed E-state index contributed by atoms with van der Waals surface area (Å²) in [7, 11) is 0. The second-order valence-corrected chi connectivity index (χ2v) is 8.61. The Morgan fingerprint density at radius 1 is 1.33 bits per heavy atom. The number of hydrogen-bond donors (Lipinski definition) is 2. The summed E-state index contributed by atoms with van der Waals surface area (Å²) in [6.45, 7) is 8.74. The number of nitrogens with zero attached hydrogens (tertiary/aromatic N) is 2. The first-order chi connectivity index (χ1) is 14.6. The van der Waals surface area contributed by atoms with E-state index in [2.05, 4.69) is 35.1 Å². The van der Waals surface area contributed by atoms with Crippen LogP contribution in [0.15, 0.2) is 22.8 Å². The molecule has 2 aromatic heterocycles. The second-order valence-electron chi connectivity index (χ2n) is 8.61. The monoisotopic (exact) mass is 409 g/mol. The number of quaternary nitrogens is 1. The van der Waals surface area contributed by atoms with Gasteiger partial charge in [-0.3, -0.25) is 4.79 Å². The number of carbonyl (C=O) groups excluding carboxylic acids is 1. The number of carbonyl (C=O) groups is 1. The molecule has 0 spiro atoms. The van der Waals surface area contributed by atoms with Gasteiger partial charge in [-0.15, -0.1) is 0 Å². The van der Waals surface area contributed by atoms with Gasteiger partial charge in [0.1, 0.15) is 49.3 Å². The SMILES string of the molecule is CC(C)c1[nH+]c(N2CC[NH+](CC(=O)NCc3ccco3)CC2)c(C#N)c2c1CCC2. The van der Waals surface area contributed by atoms with Crippen LogP contribution in [0.5, 0.6) is 0 Å². The molecule has 3 heterocycles. The molecule has 0 unspecified atom stereocenters. The van der Waals surface area contributed by atoms with Crippen molar-refractivity contribution >= 4 is 11.7 Å². The fraction of sp³-hybridized carbons (Fsp3) is 0.522. The summed E-state index contributed by atoms with van der Waals surface area (Å²) in [5, 5.41) is 12.8. The summed E-state index contributed by atoms with van der Waals surface area (Å²) >= 11 is 0. The molecule has 3 N–H and O–H groups in total. The average Bonchev–Trinajstić information content (AvgIpc) is 3.43. The molecule has 1 amide bonds. The van der Waals surface area contributed by atoms with E-state index in [9.17, 15) is 10.1 Å². The quantitative estimate of drug-likeness (QED) is 0.731. The Morgan fingerprint density at radius 2 is 2.10 bits per heavy atom. The van der Waals surface area contributed by atoms with Gasteiger partial charge in [0, 0.05) is 5.92 Å². The van der Waals surface area contributed by atoms with Crippen molar-refractivity contribution in [3.63, 3.8) is 0 Å². The molecule has 0 bridgehead atoms. The lowest BCUT2D eigenvalue weighted by atomic mass is 9.97. The third-order valence-electron chi connectivity index (χ3n) is 6.26. The van der Waals surface area contributed by atoms with E-state index in [4.69, 9.17) is 4.42 Å². The topological polar surface area (TPSA) is 87.8 Å². The van der Waals surface area contributed by atoms with Crippen LogP contribution in [0.25, 0.3) is 0 Å². The maximum absolute atomic E-state index is 12.3. The summed E-state index contributed by atoms with van der Waals surface area (Å²) in [5.74, 6) is 2.19. The molecule has 7 heteroatoms. The highest BCUT2D eigenvalue weighted by Gasteiger charge is 2.34. The number of nitriles is 1. The van der Waals surface area contributed by atoms with E-state index in [-0.39, 0.29) is 5.91 Å². The van der Waals surface area contributed by atoms with E-state index in [1.54, 1.807) is 6.26 Å². The summed E-state index contributed by atoms with van der Waals surface area (Å²) in [4.78, 5) is 19.5. The van der Waals surface area contributed by atoms with Crippen LogP contribution in [0.1, 0.15) is 54.3 Å². The number of piperazine rings is 1. The second kappa shape index (κ2) is 8.88. The van der Waals surface area contributed by atoms with E-state index >= 15 is 0 Å². The number of amides is 1. The van der Waals surface area contributed by atoms with Crippen molar-refractivity contribution < 1.29 is 19.1 Å². The predicted molar refractivity (Wildman–Crippen MR) is 112 cm³/mol. The van der Waals surface area contributed by atoms with Crippen LogP contribution in [0.2, 0.25) is 0 Å². The Morgan fingerprint density at radius 3 is 2.77 bits per heavy atom. The lowest BCUT2D eigenvalue weighted by Gasteiger charge is -2.29. The van der Waals surface area contributed by atoms with Crippen molar-refractivity contribution in [3.05, 3.63) is 46.5 Å². The zero-order valence-electron chi connectivity index (χ0n) is 17.9. The Labute approximate surface area is 177 Å². The highest BCUT2D eigenvalue weighted by molar-refractivity contribution is 5.76. The normalized spacial score (nSPS) is 16.5. The molecule has 4 rings (SSSR count). The van der Waals surface area contributed by atoms with Crippen LogP contribution >= 0.6 is 0 Å². The highest BCUT2D eigenvalue weighted by Crippen LogP contribution is 2.33. The van der Waals surface area contributed by atoms with Crippen LogP contribution < -0.4 is 20.1 Å². The van der Waals surface area contributed by atoms with Crippen molar-refractivity contribution in [2.75, 3.05) is 37.6 Å². The van der Waals surface area contributed by atoms with Crippen molar-refractivity contribution in [1.82, 2.24) is 5.32 Å². The van der Waals surface area contributed by atoms with Gasteiger partial charge in [-0.25, -0.2) is 9.88 Å². The van der Waals surface area contributed by atoms with Gasteiger partial charge in [0.25, 0.3) is 11.7 Å². The minimum atomic E-state index is 0.0405. The molecular weight excluding hydrogens is 378 g/mol. The van der Waals surface area contributed by atoms with Crippen molar-refractivity contribution in [2.45, 2.75) is 45.6 Å². The van der Waals surface area contributed by atoms with Gasteiger partial charge in [0.05, 0.1) is 12.8 Å². The fourth-order valence-corrected chi connectivity index (χ4v) is 4.69. The molecule has 2 aliphatic rings. The number of nitrogens with one attached hydrogen (secondary N) is 3. The number of furan rings is 1. The number of fused-ring (bicyclic) bond motifs is 1. The van der Waals surface area contributed by atoms with E-state index in [0.29, 0.717) is 19.0 Å². The van der Waals surface area contributed by atoms with Crippen molar-refractivity contribution in [1.29, 1.82) is 5.26 Å². The maximum atomic E-state index is 12.3. The number of pyridine rings is 1. The Hall–Kier alpha value is -2.85. The number of hydrogen-bond acceptors (Lipinski definition) is 4. The Kier molecular flexibility index (Phi) is 6.05. The summed E-state index contributed by atoms with van der Waals surface area (Å²) in [6, 6.07) is 6.16. The molecule has 1 saturated heterocycles. The first-order valence-electron chi connectivity index (χ1n) is 11.0. The lowest BCUT2D eigenvalue weighted by Crippen LogP contribution is -3.16. The minimum Gasteiger partial charge on any atom is -0.467 e. The van der Waals surface area contributed by atoms with Gasteiger partial charge in [-0.1, -0.05) is 13.8 Å². The molecule has 1 aliphatic carbocycles. The van der Waals surface area contributed by atoms with Gasteiger partial charge >= 0.3 is 0 Å². The first-order valence-corrected chi connectivity index (χ1v) is 11.0. The average molecular weight is 410 g/mol. The van der Waals surface area contributed by atoms with Gasteiger partial charge in [-0.2, -0.15) is 5.26 Å². The molecule has 7 nitrogen and oxygen atoms in total.